The summed E-state index contributed by atoms with van der Waals surface area (Å²) in [5, 5.41) is 2.88. The first-order valence-corrected chi connectivity index (χ1v) is 6.17. The van der Waals surface area contributed by atoms with Gasteiger partial charge in [-0.2, -0.15) is 0 Å². The van der Waals surface area contributed by atoms with Crippen LogP contribution in [0, 0.1) is 19.8 Å². The fraction of sp³-hybridized carbons (Fsp3) is 0.615. The summed E-state index contributed by atoms with van der Waals surface area (Å²) >= 11 is 0. The molecule has 0 aliphatic heterocycles. The molecular formula is C13H21N3O2. The molecule has 0 saturated carbocycles. The number of aryl methyl sites for hydroxylation is 2. The van der Waals surface area contributed by atoms with Crippen LogP contribution in [0.2, 0.25) is 0 Å². The topological polar surface area (TPSA) is 74.8 Å². The normalized spacial score (nSPS) is 12.6. The van der Waals surface area contributed by atoms with Gasteiger partial charge in [0.1, 0.15) is 5.82 Å². The van der Waals surface area contributed by atoms with E-state index in [2.05, 4.69) is 15.3 Å². The van der Waals surface area contributed by atoms with Crippen LogP contribution in [0.5, 0.6) is 0 Å². The first-order chi connectivity index (χ1) is 8.31. The van der Waals surface area contributed by atoms with Gasteiger partial charge >= 0.3 is 0 Å². The molecule has 1 heterocycles. The summed E-state index contributed by atoms with van der Waals surface area (Å²) in [5.41, 5.74) is 0.824. The van der Waals surface area contributed by atoms with Crippen molar-refractivity contribution in [3.8, 4) is 0 Å². The van der Waals surface area contributed by atoms with Gasteiger partial charge in [-0.05, 0) is 26.7 Å². The standard InChI is InChI=1S/C13H21N3O2/c1-7(2)8(3)15-12(17)6-11-9(4)14-10(5)16-13(11)18/h7-8H,6H2,1-5H3,(H,15,17)(H,14,16,18)/t8-/m1/s1. The summed E-state index contributed by atoms with van der Waals surface area (Å²) in [6, 6.07) is 0.0929. The van der Waals surface area contributed by atoms with Crippen LogP contribution in [0.4, 0.5) is 0 Å². The first kappa shape index (κ1) is 14.4. The molecule has 0 aliphatic carbocycles. The maximum absolute atomic E-state index is 11.8. The van der Waals surface area contributed by atoms with Gasteiger partial charge in [-0.1, -0.05) is 13.8 Å². The minimum absolute atomic E-state index is 0.0749. The van der Waals surface area contributed by atoms with E-state index >= 15 is 0 Å². The second-order valence-electron chi connectivity index (χ2n) is 4.99. The van der Waals surface area contributed by atoms with Crippen LogP contribution >= 0.6 is 0 Å². The number of carbonyl (C=O) groups is 1. The van der Waals surface area contributed by atoms with E-state index in [9.17, 15) is 9.59 Å². The van der Waals surface area contributed by atoms with Gasteiger partial charge in [0.25, 0.3) is 5.56 Å². The summed E-state index contributed by atoms with van der Waals surface area (Å²) in [6.45, 7) is 9.50. The zero-order chi connectivity index (χ0) is 13.9. The van der Waals surface area contributed by atoms with Crippen molar-refractivity contribution in [3.63, 3.8) is 0 Å². The zero-order valence-electron chi connectivity index (χ0n) is 11.6. The molecule has 0 radical (unpaired) electrons. The molecule has 1 atom stereocenters. The number of rotatable bonds is 4. The Kier molecular flexibility index (Phi) is 4.64. The Bertz CT molecular complexity index is 491. The van der Waals surface area contributed by atoms with Crippen molar-refractivity contribution in [1.82, 2.24) is 15.3 Å². The maximum atomic E-state index is 11.8. The van der Waals surface area contributed by atoms with Gasteiger partial charge < -0.3 is 10.3 Å². The molecule has 0 bridgehead atoms. The molecule has 1 aromatic rings. The summed E-state index contributed by atoms with van der Waals surface area (Å²) in [5.74, 6) is 0.789. The van der Waals surface area contributed by atoms with Gasteiger partial charge in [-0.25, -0.2) is 4.98 Å². The van der Waals surface area contributed by atoms with Crippen molar-refractivity contribution in [2.75, 3.05) is 0 Å². The third kappa shape index (κ3) is 3.68. The fourth-order valence-electron chi connectivity index (χ4n) is 1.59. The number of hydrogen-bond donors (Lipinski definition) is 2. The molecule has 0 aromatic carbocycles. The highest BCUT2D eigenvalue weighted by molar-refractivity contribution is 5.78. The largest absolute Gasteiger partial charge is 0.353 e. The summed E-state index contributed by atoms with van der Waals surface area (Å²) in [7, 11) is 0. The van der Waals surface area contributed by atoms with Gasteiger partial charge in [-0.15, -0.1) is 0 Å². The number of amides is 1. The Morgan fingerprint density at radius 1 is 1.33 bits per heavy atom. The molecule has 1 amide bonds. The number of carbonyl (C=O) groups excluding carboxylic acids is 1. The molecule has 0 aliphatic rings. The minimum Gasteiger partial charge on any atom is -0.353 e. The number of aromatic nitrogens is 2. The molecule has 5 heteroatoms. The summed E-state index contributed by atoms with van der Waals surface area (Å²) in [4.78, 5) is 30.3. The summed E-state index contributed by atoms with van der Waals surface area (Å²) in [6.07, 6.45) is 0.0749. The fourth-order valence-corrected chi connectivity index (χ4v) is 1.59. The Balaban J connectivity index is 2.80. The number of aromatic amines is 1. The lowest BCUT2D eigenvalue weighted by Crippen LogP contribution is -2.38. The lowest BCUT2D eigenvalue weighted by atomic mass is 10.1. The number of H-pyrrole nitrogens is 1. The predicted octanol–water partition coefficient (Wildman–Crippen LogP) is 1.09. The van der Waals surface area contributed by atoms with E-state index < -0.39 is 0 Å². The summed E-state index contributed by atoms with van der Waals surface area (Å²) < 4.78 is 0. The van der Waals surface area contributed by atoms with Crippen molar-refractivity contribution in [3.05, 3.63) is 27.4 Å². The third-order valence-electron chi connectivity index (χ3n) is 3.07. The lowest BCUT2D eigenvalue weighted by molar-refractivity contribution is -0.121. The number of nitrogens with one attached hydrogen (secondary N) is 2. The molecule has 0 unspecified atom stereocenters. The van der Waals surface area contributed by atoms with Gasteiger partial charge in [0.05, 0.1) is 6.42 Å². The first-order valence-electron chi connectivity index (χ1n) is 6.17. The second-order valence-corrected chi connectivity index (χ2v) is 4.99. The van der Waals surface area contributed by atoms with Crippen molar-refractivity contribution in [2.24, 2.45) is 5.92 Å². The average molecular weight is 251 g/mol. The molecular weight excluding hydrogens is 230 g/mol. The minimum atomic E-state index is -0.229. The van der Waals surface area contributed by atoms with E-state index in [4.69, 9.17) is 0 Å². The average Bonchev–Trinajstić information content (AvgIpc) is 2.23. The Hall–Kier alpha value is -1.65. The Morgan fingerprint density at radius 3 is 2.44 bits per heavy atom. The van der Waals surface area contributed by atoms with Crippen LogP contribution in [-0.2, 0) is 11.2 Å². The van der Waals surface area contributed by atoms with Crippen LogP contribution in [0.3, 0.4) is 0 Å². The molecule has 5 nitrogen and oxygen atoms in total. The maximum Gasteiger partial charge on any atom is 0.254 e. The zero-order valence-corrected chi connectivity index (χ0v) is 11.6. The van der Waals surface area contributed by atoms with E-state index in [0.29, 0.717) is 23.0 Å². The predicted molar refractivity (Wildman–Crippen MR) is 70.5 cm³/mol. The molecule has 1 aromatic heterocycles. The smallest absolute Gasteiger partial charge is 0.254 e. The second kappa shape index (κ2) is 5.80. The Labute approximate surface area is 107 Å². The van der Waals surface area contributed by atoms with Gasteiger partial charge in [0, 0.05) is 17.3 Å². The van der Waals surface area contributed by atoms with Crippen LogP contribution in [-0.4, -0.2) is 21.9 Å². The highest BCUT2D eigenvalue weighted by atomic mass is 16.2. The number of hydrogen-bond acceptors (Lipinski definition) is 3. The van der Waals surface area contributed by atoms with Crippen molar-refractivity contribution >= 4 is 5.91 Å². The van der Waals surface area contributed by atoms with Gasteiger partial charge in [-0.3, -0.25) is 9.59 Å². The lowest BCUT2D eigenvalue weighted by Gasteiger charge is -2.17. The molecule has 18 heavy (non-hydrogen) atoms. The molecule has 2 N–H and O–H groups in total. The van der Waals surface area contributed by atoms with Crippen molar-refractivity contribution in [2.45, 2.75) is 47.1 Å². The van der Waals surface area contributed by atoms with E-state index in [0.717, 1.165) is 0 Å². The van der Waals surface area contributed by atoms with E-state index in [1.165, 1.54) is 0 Å². The molecule has 0 fully saturated rings. The third-order valence-corrected chi connectivity index (χ3v) is 3.07. The van der Waals surface area contributed by atoms with E-state index in [-0.39, 0.29) is 23.9 Å². The van der Waals surface area contributed by atoms with Gasteiger partial charge in [0.15, 0.2) is 0 Å². The van der Waals surface area contributed by atoms with E-state index in [1.807, 2.05) is 20.8 Å². The van der Waals surface area contributed by atoms with Crippen LogP contribution in [0.1, 0.15) is 37.9 Å². The van der Waals surface area contributed by atoms with Crippen LogP contribution < -0.4 is 10.9 Å². The van der Waals surface area contributed by atoms with E-state index in [1.54, 1.807) is 13.8 Å². The van der Waals surface area contributed by atoms with Crippen molar-refractivity contribution < 1.29 is 4.79 Å². The molecule has 1 rings (SSSR count). The molecule has 0 spiro atoms. The number of nitrogens with zero attached hydrogens (tertiary/aromatic N) is 1. The van der Waals surface area contributed by atoms with Crippen molar-refractivity contribution in [1.29, 1.82) is 0 Å². The monoisotopic (exact) mass is 251 g/mol. The quantitative estimate of drug-likeness (QED) is 0.841. The highest BCUT2D eigenvalue weighted by Crippen LogP contribution is 2.03. The van der Waals surface area contributed by atoms with Crippen LogP contribution in [0.25, 0.3) is 0 Å². The Morgan fingerprint density at radius 2 is 1.94 bits per heavy atom. The highest BCUT2D eigenvalue weighted by Gasteiger charge is 2.15. The SMILES string of the molecule is Cc1nc(C)c(CC(=O)N[C@H](C)C(C)C)c(=O)[nH]1. The molecule has 0 saturated heterocycles. The van der Waals surface area contributed by atoms with Gasteiger partial charge in [0.2, 0.25) is 5.91 Å². The van der Waals surface area contributed by atoms with Crippen LogP contribution in [0.15, 0.2) is 4.79 Å². The molecule has 100 valence electrons.